The van der Waals surface area contributed by atoms with Gasteiger partial charge in [0.15, 0.2) is 0 Å². The first-order valence-electron chi connectivity index (χ1n) is 15.3. The lowest BCUT2D eigenvalue weighted by Gasteiger charge is -2.63. The molecule has 2 aromatic carbocycles. The molecule has 1 fully saturated rings. The molecule has 10 heteroatoms. The van der Waals surface area contributed by atoms with Crippen LogP contribution in [0.4, 0.5) is 5.69 Å². The fraction of sp³-hybridized carbons (Fsp3) is 0.529. The minimum absolute atomic E-state index is 0.0135. The van der Waals surface area contributed by atoms with Crippen LogP contribution in [0.2, 0.25) is 0 Å². The third kappa shape index (κ3) is 8.37. The number of unbranched alkanes of at least 4 members (excludes halogenated alkanes) is 2. The number of nitrogens with zero attached hydrogens (tertiary/aromatic N) is 3. The molecular formula is C34H47N5O5. The van der Waals surface area contributed by atoms with Gasteiger partial charge in [-0.05, 0) is 88.6 Å². The second-order valence-electron chi connectivity index (χ2n) is 13.6. The first kappa shape index (κ1) is 33.0. The molecule has 0 spiro atoms. The van der Waals surface area contributed by atoms with Crippen molar-refractivity contribution in [2.75, 3.05) is 25.1 Å². The van der Waals surface area contributed by atoms with Crippen LogP contribution in [0.25, 0.3) is 5.69 Å². The average molecular weight is 606 g/mol. The number of anilines is 1. The predicted molar refractivity (Wildman–Crippen MR) is 170 cm³/mol. The van der Waals surface area contributed by atoms with Gasteiger partial charge in [0.1, 0.15) is 36.7 Å². The van der Waals surface area contributed by atoms with Crippen molar-refractivity contribution in [3.63, 3.8) is 0 Å². The molecule has 0 radical (unpaired) electrons. The number of hydrogen-bond donors (Lipinski definition) is 2. The Hall–Kier alpha value is -3.92. The van der Waals surface area contributed by atoms with Crippen molar-refractivity contribution in [1.82, 2.24) is 20.1 Å². The highest BCUT2D eigenvalue weighted by molar-refractivity contribution is 5.95. The number of benzene rings is 2. The summed E-state index contributed by atoms with van der Waals surface area (Å²) in [6.07, 6.45) is 6.06. The smallest absolute Gasteiger partial charge is 0.332 e. The van der Waals surface area contributed by atoms with Crippen molar-refractivity contribution in [3.8, 4) is 11.4 Å². The van der Waals surface area contributed by atoms with Crippen molar-refractivity contribution < 1.29 is 23.8 Å². The molecule has 3 aromatic rings. The van der Waals surface area contributed by atoms with Gasteiger partial charge in [0, 0.05) is 47.0 Å². The number of hydrogen-bond acceptors (Lipinski definition) is 8. The number of ether oxygens (including phenoxy) is 3. The van der Waals surface area contributed by atoms with E-state index < -0.39 is 5.60 Å². The Morgan fingerprint density at radius 2 is 1.52 bits per heavy atom. The molecule has 4 rings (SSSR count). The summed E-state index contributed by atoms with van der Waals surface area (Å²) in [7, 11) is 0. The maximum atomic E-state index is 13.2. The zero-order chi connectivity index (χ0) is 32.0. The SMILES string of the molecule is CC(C)(C)OC(=O)COCCCCCNc1ccc(C(=O)NC2C(C)(C)C(Oc3ccc(-n4cnnc4)cc3)C2(C)C)cc1. The van der Waals surface area contributed by atoms with E-state index in [1.165, 1.54) is 0 Å². The van der Waals surface area contributed by atoms with Crippen molar-refractivity contribution in [2.45, 2.75) is 85.5 Å². The van der Waals surface area contributed by atoms with Crippen LogP contribution in [0.1, 0.15) is 78.1 Å². The highest BCUT2D eigenvalue weighted by atomic mass is 16.6. The summed E-state index contributed by atoms with van der Waals surface area (Å²) >= 11 is 0. The van der Waals surface area contributed by atoms with Crippen LogP contribution in [-0.4, -0.2) is 64.1 Å². The van der Waals surface area contributed by atoms with E-state index in [2.05, 4.69) is 48.5 Å². The van der Waals surface area contributed by atoms with Gasteiger partial charge in [-0.1, -0.05) is 27.7 Å². The van der Waals surface area contributed by atoms with E-state index in [-0.39, 0.29) is 41.5 Å². The third-order valence-electron chi connectivity index (χ3n) is 8.00. The summed E-state index contributed by atoms with van der Waals surface area (Å²) in [5.74, 6) is 0.357. The molecule has 0 aliphatic heterocycles. The topological polar surface area (TPSA) is 117 Å². The molecule has 1 heterocycles. The standard InChI is InChI=1S/C34H47N5O5/c1-32(2,3)44-28(40)21-42-20-10-8-9-19-35-25-13-11-24(12-14-25)29(41)38-30-33(4,5)31(34(30,6)7)43-27-17-15-26(16-18-27)39-22-36-37-23-39/h11-18,22-23,30-31,35H,8-10,19-21H2,1-7H3,(H,38,41). The first-order chi connectivity index (χ1) is 20.8. The normalized spacial score (nSPS) is 18.6. The maximum absolute atomic E-state index is 13.2. The van der Waals surface area contributed by atoms with E-state index in [1.54, 1.807) is 12.7 Å². The van der Waals surface area contributed by atoms with Crippen LogP contribution in [0.15, 0.2) is 61.2 Å². The lowest BCUT2D eigenvalue weighted by molar-refractivity contribution is -0.164. The average Bonchev–Trinajstić information content (AvgIpc) is 3.50. The lowest BCUT2D eigenvalue weighted by Crippen LogP contribution is -2.74. The molecule has 0 bridgehead atoms. The molecule has 1 aliphatic rings. The van der Waals surface area contributed by atoms with Crippen molar-refractivity contribution in [3.05, 3.63) is 66.7 Å². The van der Waals surface area contributed by atoms with Crippen molar-refractivity contribution >= 4 is 17.6 Å². The van der Waals surface area contributed by atoms with E-state index in [0.717, 1.165) is 42.9 Å². The molecule has 44 heavy (non-hydrogen) atoms. The number of aromatic nitrogens is 3. The van der Waals surface area contributed by atoms with Crippen molar-refractivity contribution in [1.29, 1.82) is 0 Å². The number of carbonyl (C=O) groups is 2. The highest BCUT2D eigenvalue weighted by Crippen LogP contribution is 2.55. The Balaban J connectivity index is 1.18. The molecule has 0 unspecified atom stereocenters. The zero-order valence-electron chi connectivity index (χ0n) is 27.1. The Morgan fingerprint density at radius 3 is 2.14 bits per heavy atom. The highest BCUT2D eigenvalue weighted by Gasteiger charge is 2.64. The molecule has 10 nitrogen and oxygen atoms in total. The Labute approximate surface area is 260 Å². The summed E-state index contributed by atoms with van der Waals surface area (Å²) in [6, 6.07) is 15.4. The van der Waals surface area contributed by atoms with Gasteiger partial charge in [0.05, 0.1) is 0 Å². The predicted octanol–water partition coefficient (Wildman–Crippen LogP) is 5.82. The van der Waals surface area contributed by atoms with E-state index >= 15 is 0 Å². The quantitative estimate of drug-likeness (QED) is 0.174. The molecule has 238 valence electrons. The summed E-state index contributed by atoms with van der Waals surface area (Å²) in [4.78, 5) is 24.9. The largest absolute Gasteiger partial charge is 0.489 e. The van der Waals surface area contributed by atoms with Gasteiger partial charge in [-0.15, -0.1) is 10.2 Å². The first-order valence-corrected chi connectivity index (χ1v) is 15.3. The minimum Gasteiger partial charge on any atom is -0.489 e. The monoisotopic (exact) mass is 605 g/mol. The number of esters is 1. The fourth-order valence-corrected chi connectivity index (χ4v) is 6.19. The van der Waals surface area contributed by atoms with E-state index in [9.17, 15) is 9.59 Å². The van der Waals surface area contributed by atoms with Gasteiger partial charge >= 0.3 is 5.97 Å². The second-order valence-corrected chi connectivity index (χ2v) is 13.6. The summed E-state index contributed by atoms with van der Waals surface area (Å²) in [5, 5.41) is 14.4. The Kier molecular flexibility index (Phi) is 10.3. The molecule has 0 saturated heterocycles. The molecular weight excluding hydrogens is 558 g/mol. The molecule has 1 aliphatic carbocycles. The lowest BCUT2D eigenvalue weighted by atomic mass is 9.49. The van der Waals surface area contributed by atoms with Crippen LogP contribution in [0.5, 0.6) is 5.75 Å². The van der Waals surface area contributed by atoms with Gasteiger partial charge in [-0.2, -0.15) is 0 Å². The van der Waals surface area contributed by atoms with Gasteiger partial charge < -0.3 is 24.8 Å². The molecule has 1 aromatic heterocycles. The maximum Gasteiger partial charge on any atom is 0.332 e. The summed E-state index contributed by atoms with van der Waals surface area (Å²) in [5.41, 5.74) is 1.52. The Bertz CT molecular complexity index is 1350. The van der Waals surface area contributed by atoms with E-state index in [1.807, 2.05) is 73.9 Å². The van der Waals surface area contributed by atoms with Crippen molar-refractivity contribution in [2.24, 2.45) is 10.8 Å². The molecule has 1 amide bonds. The van der Waals surface area contributed by atoms with Gasteiger partial charge in [0.25, 0.3) is 5.91 Å². The Morgan fingerprint density at radius 1 is 0.886 bits per heavy atom. The van der Waals surface area contributed by atoms with Gasteiger partial charge in [0.2, 0.25) is 0 Å². The minimum atomic E-state index is -0.493. The van der Waals surface area contributed by atoms with E-state index in [4.69, 9.17) is 14.2 Å². The number of carbonyl (C=O) groups excluding carboxylic acids is 2. The van der Waals surface area contributed by atoms with Gasteiger partial charge in [-0.3, -0.25) is 9.36 Å². The van der Waals surface area contributed by atoms with Crippen LogP contribution < -0.4 is 15.4 Å². The third-order valence-corrected chi connectivity index (χ3v) is 8.00. The zero-order valence-corrected chi connectivity index (χ0v) is 27.1. The van der Waals surface area contributed by atoms with Crippen LogP contribution >= 0.6 is 0 Å². The van der Waals surface area contributed by atoms with Gasteiger partial charge in [-0.25, -0.2) is 4.79 Å². The summed E-state index contributed by atoms with van der Waals surface area (Å²) in [6.45, 7) is 15.4. The molecule has 1 saturated carbocycles. The van der Waals surface area contributed by atoms with Crippen LogP contribution in [0, 0.1) is 10.8 Å². The molecule has 0 atom stereocenters. The number of rotatable bonds is 14. The molecule has 2 N–H and O–H groups in total. The fourth-order valence-electron chi connectivity index (χ4n) is 6.19. The van der Waals surface area contributed by atoms with E-state index in [0.29, 0.717) is 12.2 Å². The van der Waals surface area contributed by atoms with Crippen LogP contribution in [-0.2, 0) is 14.3 Å². The second kappa shape index (κ2) is 13.8. The number of amides is 1. The van der Waals surface area contributed by atoms with Crippen LogP contribution in [0.3, 0.4) is 0 Å². The number of nitrogens with one attached hydrogen (secondary N) is 2. The summed E-state index contributed by atoms with van der Waals surface area (Å²) < 4.78 is 18.9.